The second-order valence-electron chi connectivity index (χ2n) is 9.21. The molecule has 2 heterocycles. The molecule has 2 aliphatic heterocycles. The molecule has 0 saturated carbocycles. The van der Waals surface area contributed by atoms with Gasteiger partial charge in [0.05, 0.1) is 0 Å². The normalized spacial score (nSPS) is 28.2. The van der Waals surface area contributed by atoms with E-state index < -0.39 is 0 Å². The van der Waals surface area contributed by atoms with Crippen molar-refractivity contribution in [2.24, 2.45) is 17.3 Å². The summed E-state index contributed by atoms with van der Waals surface area (Å²) in [4.78, 5) is 5.40. The summed E-state index contributed by atoms with van der Waals surface area (Å²) in [6.45, 7) is 20.9. The van der Waals surface area contributed by atoms with E-state index in [1.807, 2.05) is 0 Å². The SMILES string of the molecule is CC(C)(C)C1CCN(C[C@H]2CCN(C(C)(C)C)C2)CC1. The van der Waals surface area contributed by atoms with Gasteiger partial charge in [-0.3, -0.25) is 4.90 Å². The highest BCUT2D eigenvalue weighted by Crippen LogP contribution is 2.35. The largest absolute Gasteiger partial charge is 0.303 e. The van der Waals surface area contributed by atoms with Crippen LogP contribution in [0, 0.1) is 17.3 Å². The van der Waals surface area contributed by atoms with Gasteiger partial charge in [0, 0.05) is 18.6 Å². The van der Waals surface area contributed by atoms with Gasteiger partial charge < -0.3 is 4.90 Å². The summed E-state index contributed by atoms with van der Waals surface area (Å²) >= 11 is 0. The number of likely N-dealkylation sites (tertiary alicyclic amines) is 2. The molecule has 0 aliphatic carbocycles. The van der Waals surface area contributed by atoms with Gasteiger partial charge in [-0.1, -0.05) is 20.8 Å². The Balaban J connectivity index is 1.74. The molecular formula is C18H36N2. The maximum Gasteiger partial charge on any atom is 0.0125 e. The van der Waals surface area contributed by atoms with Gasteiger partial charge in [0.2, 0.25) is 0 Å². The Morgan fingerprint density at radius 2 is 1.45 bits per heavy atom. The smallest absolute Gasteiger partial charge is 0.0125 e. The molecule has 0 aromatic rings. The second kappa shape index (κ2) is 5.96. The second-order valence-corrected chi connectivity index (χ2v) is 9.21. The zero-order valence-electron chi connectivity index (χ0n) is 14.7. The van der Waals surface area contributed by atoms with Crippen LogP contribution in [0.3, 0.4) is 0 Å². The molecule has 0 radical (unpaired) electrons. The van der Waals surface area contributed by atoms with E-state index in [0.29, 0.717) is 11.0 Å². The average Bonchev–Trinajstić information content (AvgIpc) is 2.77. The van der Waals surface area contributed by atoms with E-state index in [-0.39, 0.29) is 0 Å². The molecule has 0 amide bonds. The zero-order valence-corrected chi connectivity index (χ0v) is 14.7. The number of hydrogen-bond acceptors (Lipinski definition) is 2. The molecule has 0 aromatic carbocycles. The molecule has 2 saturated heterocycles. The van der Waals surface area contributed by atoms with Gasteiger partial charge in [-0.15, -0.1) is 0 Å². The topological polar surface area (TPSA) is 6.48 Å². The third kappa shape index (κ3) is 4.21. The fourth-order valence-electron chi connectivity index (χ4n) is 3.94. The van der Waals surface area contributed by atoms with Crippen LogP contribution in [0.15, 0.2) is 0 Å². The van der Waals surface area contributed by atoms with Crippen LogP contribution < -0.4 is 0 Å². The third-order valence-corrected chi connectivity index (χ3v) is 5.56. The van der Waals surface area contributed by atoms with Crippen LogP contribution >= 0.6 is 0 Å². The number of nitrogens with zero attached hydrogens (tertiary/aromatic N) is 2. The van der Waals surface area contributed by atoms with E-state index in [9.17, 15) is 0 Å². The van der Waals surface area contributed by atoms with Gasteiger partial charge in [0.15, 0.2) is 0 Å². The van der Waals surface area contributed by atoms with Gasteiger partial charge in [-0.05, 0) is 76.9 Å². The number of piperidine rings is 1. The van der Waals surface area contributed by atoms with Gasteiger partial charge in [0.25, 0.3) is 0 Å². The van der Waals surface area contributed by atoms with Crippen molar-refractivity contribution in [1.82, 2.24) is 9.80 Å². The Morgan fingerprint density at radius 1 is 0.850 bits per heavy atom. The van der Waals surface area contributed by atoms with Crippen molar-refractivity contribution in [3.05, 3.63) is 0 Å². The van der Waals surface area contributed by atoms with Gasteiger partial charge >= 0.3 is 0 Å². The van der Waals surface area contributed by atoms with Crippen molar-refractivity contribution in [2.75, 3.05) is 32.7 Å². The summed E-state index contributed by atoms with van der Waals surface area (Å²) in [7, 11) is 0. The molecule has 2 heteroatoms. The first-order chi connectivity index (χ1) is 9.16. The van der Waals surface area contributed by atoms with Gasteiger partial charge in [0.1, 0.15) is 0 Å². The molecule has 0 bridgehead atoms. The zero-order chi connectivity index (χ0) is 15.0. The summed E-state index contributed by atoms with van der Waals surface area (Å²) in [6, 6.07) is 0. The van der Waals surface area contributed by atoms with E-state index >= 15 is 0 Å². The predicted molar refractivity (Wildman–Crippen MR) is 88.1 cm³/mol. The van der Waals surface area contributed by atoms with Gasteiger partial charge in [-0.25, -0.2) is 0 Å². The lowest BCUT2D eigenvalue weighted by Gasteiger charge is -2.39. The number of hydrogen-bond donors (Lipinski definition) is 0. The first-order valence-corrected chi connectivity index (χ1v) is 8.63. The Morgan fingerprint density at radius 3 is 1.90 bits per heavy atom. The maximum atomic E-state index is 2.74. The van der Waals surface area contributed by atoms with Crippen LogP contribution in [-0.2, 0) is 0 Å². The third-order valence-electron chi connectivity index (χ3n) is 5.56. The summed E-state index contributed by atoms with van der Waals surface area (Å²) in [5.74, 6) is 1.83. The van der Waals surface area contributed by atoms with Crippen LogP contribution in [0.5, 0.6) is 0 Å². The Kier molecular flexibility index (Phi) is 4.86. The molecule has 0 unspecified atom stereocenters. The average molecular weight is 281 g/mol. The molecule has 2 rings (SSSR count). The molecule has 2 fully saturated rings. The lowest BCUT2D eigenvalue weighted by Crippen LogP contribution is -2.42. The van der Waals surface area contributed by atoms with Crippen molar-refractivity contribution >= 4 is 0 Å². The Bertz CT molecular complexity index is 302. The lowest BCUT2D eigenvalue weighted by atomic mass is 9.75. The molecule has 2 nitrogen and oxygen atoms in total. The summed E-state index contributed by atoms with van der Waals surface area (Å²) in [5.41, 5.74) is 0.858. The highest BCUT2D eigenvalue weighted by atomic mass is 15.2. The highest BCUT2D eigenvalue weighted by molar-refractivity contribution is 4.87. The van der Waals surface area contributed by atoms with E-state index in [0.717, 1.165) is 11.8 Å². The highest BCUT2D eigenvalue weighted by Gasteiger charge is 2.33. The van der Waals surface area contributed by atoms with Crippen LogP contribution in [0.1, 0.15) is 60.8 Å². The summed E-state index contributed by atoms with van der Waals surface area (Å²) in [5, 5.41) is 0. The van der Waals surface area contributed by atoms with Crippen LogP contribution in [0.25, 0.3) is 0 Å². The standard InChI is InChI=1S/C18H36N2/c1-17(2,3)16-8-10-19(11-9-16)13-15-7-12-20(14-15)18(4,5)6/h15-16H,7-14H2,1-6H3/t15-/m1/s1. The van der Waals surface area contributed by atoms with Crippen LogP contribution in [0.4, 0.5) is 0 Å². The van der Waals surface area contributed by atoms with Crippen molar-refractivity contribution in [1.29, 1.82) is 0 Å². The lowest BCUT2D eigenvalue weighted by molar-refractivity contribution is 0.0979. The molecule has 0 aromatic heterocycles. The first kappa shape index (κ1) is 16.3. The fraction of sp³-hybridized carbons (Fsp3) is 1.00. The maximum absolute atomic E-state index is 2.74. The molecule has 0 N–H and O–H groups in total. The van der Waals surface area contributed by atoms with E-state index in [2.05, 4.69) is 51.3 Å². The first-order valence-electron chi connectivity index (χ1n) is 8.63. The quantitative estimate of drug-likeness (QED) is 0.758. The summed E-state index contributed by atoms with van der Waals surface area (Å²) < 4.78 is 0. The monoisotopic (exact) mass is 280 g/mol. The fourth-order valence-corrected chi connectivity index (χ4v) is 3.94. The molecule has 2 aliphatic rings. The minimum absolute atomic E-state index is 0.355. The van der Waals surface area contributed by atoms with Crippen LogP contribution in [-0.4, -0.2) is 48.1 Å². The Labute approximate surface area is 126 Å². The minimum atomic E-state index is 0.355. The molecule has 0 spiro atoms. The van der Waals surface area contributed by atoms with Crippen LogP contribution in [0.2, 0.25) is 0 Å². The molecule has 118 valence electrons. The van der Waals surface area contributed by atoms with Crippen molar-refractivity contribution in [3.63, 3.8) is 0 Å². The molecule has 1 atom stereocenters. The molecule has 20 heavy (non-hydrogen) atoms. The minimum Gasteiger partial charge on any atom is -0.303 e. The van der Waals surface area contributed by atoms with Gasteiger partial charge in [-0.2, -0.15) is 0 Å². The predicted octanol–water partition coefficient (Wildman–Crippen LogP) is 3.86. The Hall–Kier alpha value is -0.0800. The number of rotatable bonds is 2. The van der Waals surface area contributed by atoms with E-state index in [4.69, 9.17) is 0 Å². The van der Waals surface area contributed by atoms with E-state index in [1.165, 1.54) is 52.0 Å². The van der Waals surface area contributed by atoms with Crippen molar-refractivity contribution in [3.8, 4) is 0 Å². The van der Waals surface area contributed by atoms with Crippen molar-refractivity contribution in [2.45, 2.75) is 66.3 Å². The molecular weight excluding hydrogens is 244 g/mol. The summed E-state index contributed by atoms with van der Waals surface area (Å²) in [6.07, 6.45) is 4.20. The van der Waals surface area contributed by atoms with Crippen molar-refractivity contribution < 1.29 is 0 Å². The van der Waals surface area contributed by atoms with E-state index in [1.54, 1.807) is 0 Å².